The van der Waals surface area contributed by atoms with Gasteiger partial charge in [-0.1, -0.05) is 20.3 Å². The quantitative estimate of drug-likeness (QED) is 0.511. The zero-order valence-corrected chi connectivity index (χ0v) is 9.00. The molecule has 0 amide bonds. The fraction of sp³-hybridized carbons (Fsp3) is 0.889. The van der Waals surface area contributed by atoms with Crippen molar-refractivity contribution < 1.29 is 14.6 Å². The molecule has 0 aliphatic carbocycles. The van der Waals surface area contributed by atoms with Crippen molar-refractivity contribution in [3.8, 4) is 0 Å². The van der Waals surface area contributed by atoms with E-state index >= 15 is 0 Å². The number of hydrogen-bond acceptors (Lipinski definition) is 2. The second-order valence-corrected chi connectivity index (χ2v) is 3.67. The highest BCUT2D eigenvalue weighted by Crippen LogP contribution is 2.16. The predicted molar refractivity (Wildman–Crippen MR) is 50.2 cm³/mol. The summed E-state index contributed by atoms with van der Waals surface area (Å²) in [6.45, 7) is 4.96. The summed E-state index contributed by atoms with van der Waals surface area (Å²) in [6, 6.07) is 0. The van der Waals surface area contributed by atoms with E-state index in [4.69, 9.17) is 16.3 Å². The molecule has 3 atom stereocenters. The highest BCUT2D eigenvalue weighted by atomic mass is 35.5. The Bertz CT molecular complexity index is 161. The van der Waals surface area contributed by atoms with Crippen LogP contribution in [0.2, 0.25) is 0 Å². The van der Waals surface area contributed by atoms with Gasteiger partial charge in [-0.15, -0.1) is 11.6 Å². The highest BCUT2D eigenvalue weighted by molar-refractivity contribution is 6.30. The van der Waals surface area contributed by atoms with Gasteiger partial charge in [0, 0.05) is 0 Å². The first kappa shape index (κ1) is 12.7. The number of hydrogen-bond donors (Lipinski definition) is 0. The molecule has 4 heteroatoms. The second-order valence-electron chi connectivity index (χ2n) is 3.20. The second kappa shape index (κ2) is 6.22. The maximum atomic E-state index is 11.2. The van der Waals surface area contributed by atoms with Gasteiger partial charge < -0.3 is 4.74 Å². The van der Waals surface area contributed by atoms with Crippen LogP contribution >= 0.6 is 11.6 Å². The van der Waals surface area contributed by atoms with E-state index in [9.17, 15) is 9.90 Å². The average Bonchev–Trinajstić information content (AvgIpc) is 2.14. The molecule has 0 heterocycles. The summed E-state index contributed by atoms with van der Waals surface area (Å²) in [5.41, 5.74) is 0. The smallest absolute Gasteiger partial charge is 0.324 e. The van der Waals surface area contributed by atoms with Gasteiger partial charge >= 0.3 is 5.97 Å². The third-order valence-electron chi connectivity index (χ3n) is 1.92. The van der Waals surface area contributed by atoms with Gasteiger partial charge in [0.05, 0.1) is 0 Å². The van der Waals surface area contributed by atoms with Crippen LogP contribution in [0.3, 0.4) is 0 Å². The Kier molecular flexibility index (Phi) is 6.08. The zero-order chi connectivity index (χ0) is 10.4. The molecule has 0 aromatic heterocycles. The lowest BCUT2D eigenvalue weighted by Gasteiger charge is -2.17. The van der Waals surface area contributed by atoms with Crippen LogP contribution in [-0.4, -0.2) is 24.1 Å². The molecule has 0 rings (SSSR count). The van der Waals surface area contributed by atoms with E-state index in [1.807, 2.05) is 13.8 Å². The van der Waals surface area contributed by atoms with Gasteiger partial charge in [-0.05, 0) is 12.8 Å². The summed E-state index contributed by atoms with van der Waals surface area (Å²) in [7, 11) is 0. The van der Waals surface area contributed by atoms with Crippen molar-refractivity contribution in [2.24, 2.45) is 5.92 Å². The lowest BCUT2D eigenvalue weighted by Crippen LogP contribution is -2.28. The molecule has 0 aliphatic heterocycles. The van der Waals surface area contributed by atoms with Crippen LogP contribution in [0.25, 0.3) is 0 Å². The van der Waals surface area contributed by atoms with E-state index in [1.54, 1.807) is 6.92 Å². The molecule has 3 unspecified atom stereocenters. The van der Waals surface area contributed by atoms with Gasteiger partial charge in [-0.25, -0.2) is 5.11 Å². The Morgan fingerprint density at radius 1 is 1.46 bits per heavy atom. The number of carbonyl (C=O) groups excluding carboxylic acids is 1. The fourth-order valence-corrected chi connectivity index (χ4v) is 0.966. The molecule has 77 valence electrons. The molecule has 0 saturated carbocycles. The van der Waals surface area contributed by atoms with Crippen LogP contribution in [0.15, 0.2) is 0 Å². The average molecular weight is 208 g/mol. The van der Waals surface area contributed by atoms with Crippen molar-refractivity contribution in [1.29, 1.82) is 0 Å². The summed E-state index contributed by atoms with van der Waals surface area (Å²) in [4.78, 5) is 11.2. The molecule has 0 saturated heterocycles. The first-order valence-electron chi connectivity index (χ1n) is 4.45. The van der Waals surface area contributed by atoms with Crippen LogP contribution < -0.4 is 0 Å². The molecule has 13 heavy (non-hydrogen) atoms. The summed E-state index contributed by atoms with van der Waals surface area (Å²) >= 11 is 5.81. The monoisotopic (exact) mass is 207 g/mol. The minimum Gasteiger partial charge on any atom is -0.459 e. The fourth-order valence-electron chi connectivity index (χ4n) is 0.737. The number of alkyl halides is 1. The standard InChI is InChI=1S/C9H16ClO3/c1-4-6(2)8(10)9(12)13-7(3)5-11/h6-8H,4-5H2,1-3H3. The van der Waals surface area contributed by atoms with Gasteiger partial charge in [0.15, 0.2) is 0 Å². The predicted octanol–water partition coefficient (Wildman–Crippen LogP) is 2.00. The first-order valence-corrected chi connectivity index (χ1v) is 4.89. The van der Waals surface area contributed by atoms with Crippen LogP contribution in [0.4, 0.5) is 0 Å². The molecule has 0 aromatic carbocycles. The van der Waals surface area contributed by atoms with Crippen molar-refractivity contribution >= 4 is 17.6 Å². The van der Waals surface area contributed by atoms with E-state index in [0.29, 0.717) is 0 Å². The van der Waals surface area contributed by atoms with Crippen molar-refractivity contribution in [3.05, 3.63) is 0 Å². The molecule has 0 fully saturated rings. The topological polar surface area (TPSA) is 46.2 Å². The van der Waals surface area contributed by atoms with Crippen LogP contribution in [0.1, 0.15) is 27.2 Å². The number of carbonyl (C=O) groups is 1. The summed E-state index contributed by atoms with van der Waals surface area (Å²) in [6.07, 6.45) is 0.229. The molecule has 1 radical (unpaired) electrons. The molecule has 0 aromatic rings. The Morgan fingerprint density at radius 3 is 2.38 bits per heavy atom. The Hall–Kier alpha value is -0.280. The third kappa shape index (κ3) is 4.48. The molecule has 0 spiro atoms. The molecular formula is C9H16ClO3. The Balaban J connectivity index is 3.96. The van der Waals surface area contributed by atoms with E-state index in [1.165, 1.54) is 0 Å². The summed E-state index contributed by atoms with van der Waals surface area (Å²) in [5.74, 6) is -0.410. The van der Waals surface area contributed by atoms with Gasteiger partial charge in [-0.3, -0.25) is 4.79 Å². The van der Waals surface area contributed by atoms with E-state index in [2.05, 4.69) is 0 Å². The highest BCUT2D eigenvalue weighted by Gasteiger charge is 2.24. The minimum absolute atomic E-state index is 0.0769. The Morgan fingerprint density at radius 2 is 2.00 bits per heavy atom. The lowest BCUT2D eigenvalue weighted by molar-refractivity contribution is -0.151. The van der Waals surface area contributed by atoms with Crippen molar-refractivity contribution in [2.75, 3.05) is 6.61 Å². The summed E-state index contributed by atoms with van der Waals surface area (Å²) < 4.78 is 4.80. The van der Waals surface area contributed by atoms with Crippen molar-refractivity contribution in [3.63, 3.8) is 0 Å². The molecule has 3 nitrogen and oxygen atoms in total. The SMILES string of the molecule is CCC(C)C(Cl)C(=O)OC(C)C[O]. The normalized spacial score (nSPS) is 17.6. The molecule has 0 aliphatic rings. The number of halogens is 1. The van der Waals surface area contributed by atoms with Crippen molar-refractivity contribution in [2.45, 2.75) is 38.7 Å². The van der Waals surface area contributed by atoms with E-state index < -0.39 is 24.1 Å². The van der Waals surface area contributed by atoms with Crippen LogP contribution in [0, 0.1) is 5.92 Å². The number of esters is 1. The first-order chi connectivity index (χ1) is 6.02. The number of ether oxygens (including phenoxy) is 1. The van der Waals surface area contributed by atoms with Crippen LogP contribution in [-0.2, 0) is 14.6 Å². The zero-order valence-electron chi connectivity index (χ0n) is 8.25. The van der Waals surface area contributed by atoms with E-state index in [0.717, 1.165) is 6.42 Å². The van der Waals surface area contributed by atoms with E-state index in [-0.39, 0.29) is 5.92 Å². The largest absolute Gasteiger partial charge is 0.459 e. The summed E-state index contributed by atoms with van der Waals surface area (Å²) in [5, 5.41) is 9.67. The Labute approximate surface area is 84.0 Å². The molecule has 0 bridgehead atoms. The third-order valence-corrected chi connectivity index (χ3v) is 2.53. The van der Waals surface area contributed by atoms with Gasteiger partial charge in [0.25, 0.3) is 0 Å². The molecule has 0 N–H and O–H groups in total. The molecular weight excluding hydrogens is 192 g/mol. The maximum Gasteiger partial charge on any atom is 0.324 e. The number of rotatable bonds is 5. The van der Waals surface area contributed by atoms with Crippen molar-refractivity contribution in [1.82, 2.24) is 0 Å². The van der Waals surface area contributed by atoms with Gasteiger partial charge in [0.2, 0.25) is 0 Å². The van der Waals surface area contributed by atoms with Gasteiger partial charge in [-0.2, -0.15) is 0 Å². The lowest BCUT2D eigenvalue weighted by atomic mass is 10.1. The van der Waals surface area contributed by atoms with Gasteiger partial charge in [0.1, 0.15) is 18.1 Å². The minimum atomic E-state index is -0.640. The maximum absolute atomic E-state index is 11.2. The van der Waals surface area contributed by atoms with Crippen LogP contribution in [0.5, 0.6) is 0 Å².